The summed E-state index contributed by atoms with van der Waals surface area (Å²) in [4.78, 5) is 0. The summed E-state index contributed by atoms with van der Waals surface area (Å²) in [5.74, 6) is 1.21. The summed E-state index contributed by atoms with van der Waals surface area (Å²) in [5.41, 5.74) is 3.19. The number of benzene rings is 2. The Morgan fingerprint density at radius 3 is 2.57 bits per heavy atom. The van der Waals surface area contributed by atoms with Gasteiger partial charge >= 0.3 is 0 Å². The topological polar surface area (TPSA) is 41.5 Å². The number of rotatable bonds is 6. The van der Waals surface area contributed by atoms with E-state index in [9.17, 15) is 5.11 Å². The number of para-hydroxylation sites is 1. The van der Waals surface area contributed by atoms with Gasteiger partial charge in [0.05, 0.1) is 13.2 Å². The fraction of sp³-hybridized carbons (Fsp3) is 0.333. The Kier molecular flexibility index (Phi) is 5.23. The van der Waals surface area contributed by atoms with E-state index in [4.69, 9.17) is 4.74 Å². The van der Waals surface area contributed by atoms with Crippen LogP contribution in [0.1, 0.15) is 37.0 Å². The van der Waals surface area contributed by atoms with Crippen LogP contribution in [0.3, 0.4) is 0 Å². The van der Waals surface area contributed by atoms with E-state index >= 15 is 0 Å². The van der Waals surface area contributed by atoms with Gasteiger partial charge in [-0.2, -0.15) is 0 Å². The zero-order valence-corrected chi connectivity index (χ0v) is 12.8. The summed E-state index contributed by atoms with van der Waals surface area (Å²) in [6, 6.07) is 15.7. The van der Waals surface area contributed by atoms with E-state index in [-0.39, 0.29) is 0 Å². The number of aliphatic hydroxyl groups is 1. The van der Waals surface area contributed by atoms with E-state index in [2.05, 4.69) is 25.2 Å². The Morgan fingerprint density at radius 2 is 1.86 bits per heavy atom. The molecular weight excluding hydrogens is 262 g/mol. The number of anilines is 1. The van der Waals surface area contributed by atoms with Gasteiger partial charge in [-0.25, -0.2) is 0 Å². The summed E-state index contributed by atoms with van der Waals surface area (Å²) >= 11 is 0. The van der Waals surface area contributed by atoms with Crippen LogP contribution < -0.4 is 10.1 Å². The van der Waals surface area contributed by atoms with Gasteiger partial charge in [0.25, 0.3) is 0 Å². The number of hydrogen-bond acceptors (Lipinski definition) is 3. The number of methoxy groups -OCH3 is 1. The van der Waals surface area contributed by atoms with Crippen LogP contribution in [0.2, 0.25) is 0 Å². The minimum Gasteiger partial charge on any atom is -0.497 e. The van der Waals surface area contributed by atoms with Gasteiger partial charge in [-0.3, -0.25) is 0 Å². The molecule has 21 heavy (non-hydrogen) atoms. The molecule has 3 heteroatoms. The van der Waals surface area contributed by atoms with Crippen LogP contribution >= 0.6 is 0 Å². The summed E-state index contributed by atoms with van der Waals surface area (Å²) in [5, 5.41) is 13.7. The SMILES string of the molecule is COc1cccc(C(O)CNc2ccccc2C(C)C)c1. The number of aliphatic hydroxyl groups excluding tert-OH is 1. The number of hydrogen-bond donors (Lipinski definition) is 2. The van der Waals surface area contributed by atoms with E-state index in [0.29, 0.717) is 12.5 Å². The number of ether oxygens (including phenoxy) is 1. The van der Waals surface area contributed by atoms with E-state index < -0.39 is 6.10 Å². The second kappa shape index (κ2) is 7.14. The zero-order chi connectivity index (χ0) is 15.2. The molecule has 0 aliphatic heterocycles. The Bertz CT molecular complexity index is 581. The van der Waals surface area contributed by atoms with Crippen molar-refractivity contribution in [1.29, 1.82) is 0 Å². The second-order valence-corrected chi connectivity index (χ2v) is 5.42. The average molecular weight is 285 g/mol. The Morgan fingerprint density at radius 1 is 1.10 bits per heavy atom. The minimum atomic E-state index is -0.569. The average Bonchev–Trinajstić information content (AvgIpc) is 2.52. The summed E-state index contributed by atoms with van der Waals surface area (Å²) in [6.07, 6.45) is -0.569. The first-order valence-corrected chi connectivity index (χ1v) is 7.26. The molecule has 0 amide bonds. The molecule has 0 aromatic heterocycles. The van der Waals surface area contributed by atoms with Crippen LogP contribution in [0.15, 0.2) is 48.5 Å². The normalized spacial score (nSPS) is 12.2. The van der Waals surface area contributed by atoms with Gasteiger partial charge < -0.3 is 15.2 Å². The quantitative estimate of drug-likeness (QED) is 0.844. The molecule has 3 nitrogen and oxygen atoms in total. The lowest BCUT2D eigenvalue weighted by molar-refractivity contribution is 0.191. The molecule has 2 aromatic rings. The molecular formula is C18H23NO2. The van der Waals surface area contributed by atoms with Crippen LogP contribution in [-0.2, 0) is 0 Å². The third-order valence-electron chi connectivity index (χ3n) is 3.55. The molecule has 0 aliphatic carbocycles. The molecule has 0 bridgehead atoms. The van der Waals surface area contributed by atoms with Crippen LogP contribution in [0.4, 0.5) is 5.69 Å². The van der Waals surface area contributed by atoms with Gasteiger partial charge in [0.2, 0.25) is 0 Å². The van der Waals surface area contributed by atoms with Crippen LogP contribution in [0.5, 0.6) is 5.75 Å². The first-order valence-electron chi connectivity index (χ1n) is 7.26. The predicted octanol–water partition coefficient (Wildman–Crippen LogP) is 3.96. The monoisotopic (exact) mass is 285 g/mol. The molecule has 2 N–H and O–H groups in total. The maximum absolute atomic E-state index is 10.3. The van der Waals surface area contributed by atoms with Crippen LogP contribution in [0.25, 0.3) is 0 Å². The molecule has 0 fully saturated rings. The molecule has 0 spiro atoms. The van der Waals surface area contributed by atoms with Crippen LogP contribution in [0, 0.1) is 0 Å². The first-order chi connectivity index (χ1) is 10.1. The molecule has 112 valence electrons. The fourth-order valence-electron chi connectivity index (χ4n) is 2.33. The van der Waals surface area contributed by atoms with Gasteiger partial charge in [-0.15, -0.1) is 0 Å². The van der Waals surface area contributed by atoms with Crippen molar-refractivity contribution in [2.24, 2.45) is 0 Å². The maximum atomic E-state index is 10.3. The predicted molar refractivity (Wildman–Crippen MR) is 87.0 cm³/mol. The minimum absolute atomic E-state index is 0.447. The van der Waals surface area contributed by atoms with Crippen molar-refractivity contribution >= 4 is 5.69 Å². The van der Waals surface area contributed by atoms with Gasteiger partial charge in [-0.1, -0.05) is 44.2 Å². The van der Waals surface area contributed by atoms with Crippen molar-refractivity contribution in [3.8, 4) is 5.75 Å². The van der Waals surface area contributed by atoms with E-state index in [0.717, 1.165) is 17.0 Å². The van der Waals surface area contributed by atoms with Crippen molar-refractivity contribution in [2.75, 3.05) is 19.0 Å². The van der Waals surface area contributed by atoms with Crippen molar-refractivity contribution in [1.82, 2.24) is 0 Å². The molecule has 0 saturated heterocycles. The zero-order valence-electron chi connectivity index (χ0n) is 12.8. The molecule has 0 aliphatic rings. The highest BCUT2D eigenvalue weighted by atomic mass is 16.5. The molecule has 0 radical (unpaired) electrons. The third-order valence-corrected chi connectivity index (χ3v) is 3.55. The first kappa shape index (κ1) is 15.4. The molecule has 2 rings (SSSR count). The lowest BCUT2D eigenvalue weighted by Gasteiger charge is -2.17. The lowest BCUT2D eigenvalue weighted by atomic mass is 10.0. The van der Waals surface area contributed by atoms with Gasteiger partial charge in [0.1, 0.15) is 5.75 Å². The van der Waals surface area contributed by atoms with Gasteiger partial charge in [-0.05, 0) is 35.2 Å². The summed E-state index contributed by atoms with van der Waals surface area (Å²) in [6.45, 7) is 4.80. The number of nitrogens with one attached hydrogen (secondary N) is 1. The van der Waals surface area contributed by atoms with E-state index in [1.807, 2.05) is 42.5 Å². The summed E-state index contributed by atoms with van der Waals surface area (Å²) < 4.78 is 5.19. The van der Waals surface area contributed by atoms with Crippen molar-refractivity contribution in [2.45, 2.75) is 25.9 Å². The smallest absolute Gasteiger partial charge is 0.119 e. The Balaban J connectivity index is 2.05. The van der Waals surface area contributed by atoms with Crippen molar-refractivity contribution in [3.05, 3.63) is 59.7 Å². The highest BCUT2D eigenvalue weighted by molar-refractivity contribution is 5.52. The Labute approximate surface area is 126 Å². The van der Waals surface area contributed by atoms with Crippen LogP contribution in [-0.4, -0.2) is 18.8 Å². The largest absolute Gasteiger partial charge is 0.497 e. The molecule has 0 saturated carbocycles. The van der Waals surface area contributed by atoms with E-state index in [1.165, 1.54) is 5.56 Å². The lowest BCUT2D eigenvalue weighted by Crippen LogP contribution is -2.13. The van der Waals surface area contributed by atoms with Gasteiger partial charge in [0.15, 0.2) is 0 Å². The fourth-order valence-corrected chi connectivity index (χ4v) is 2.33. The molecule has 1 atom stereocenters. The Hall–Kier alpha value is -2.00. The standard InChI is InChI=1S/C18H23NO2/c1-13(2)16-9-4-5-10-17(16)19-12-18(20)14-7-6-8-15(11-14)21-3/h4-11,13,18-20H,12H2,1-3H3. The van der Waals surface area contributed by atoms with Gasteiger partial charge in [0, 0.05) is 12.2 Å². The van der Waals surface area contributed by atoms with E-state index in [1.54, 1.807) is 7.11 Å². The molecule has 2 aromatic carbocycles. The molecule has 0 heterocycles. The maximum Gasteiger partial charge on any atom is 0.119 e. The third kappa shape index (κ3) is 3.99. The highest BCUT2D eigenvalue weighted by Gasteiger charge is 2.10. The second-order valence-electron chi connectivity index (χ2n) is 5.42. The van der Waals surface area contributed by atoms with Crippen molar-refractivity contribution < 1.29 is 9.84 Å². The highest BCUT2D eigenvalue weighted by Crippen LogP contribution is 2.25. The summed E-state index contributed by atoms with van der Waals surface area (Å²) in [7, 11) is 1.63. The van der Waals surface area contributed by atoms with Crippen molar-refractivity contribution in [3.63, 3.8) is 0 Å². The molecule has 1 unspecified atom stereocenters.